The van der Waals surface area contributed by atoms with Crippen molar-refractivity contribution in [3.05, 3.63) is 35.6 Å². The van der Waals surface area contributed by atoms with Crippen LogP contribution < -0.4 is 5.73 Å². The van der Waals surface area contributed by atoms with Gasteiger partial charge in [0.25, 0.3) is 0 Å². The Labute approximate surface area is 120 Å². The first-order chi connectivity index (χ1) is 9.60. The Morgan fingerprint density at radius 3 is 2.85 bits per heavy atom. The van der Waals surface area contributed by atoms with Crippen molar-refractivity contribution < 1.29 is 18.8 Å². The number of nitrogens with zero attached hydrogens (tertiary/aromatic N) is 1. The molecule has 0 bridgehead atoms. The number of amidine groups is 1. The fourth-order valence-corrected chi connectivity index (χ4v) is 1.99. The maximum atomic E-state index is 12.8. The van der Waals surface area contributed by atoms with E-state index in [0.717, 1.165) is 5.56 Å². The molecule has 2 rings (SSSR count). The van der Waals surface area contributed by atoms with Crippen LogP contribution in [0.1, 0.15) is 18.1 Å². The number of alkyl halides is 1. The summed E-state index contributed by atoms with van der Waals surface area (Å²) in [7, 11) is 0. The normalized spacial score (nSPS) is 22.8. The van der Waals surface area contributed by atoms with Gasteiger partial charge in [-0.2, -0.15) is 0 Å². The summed E-state index contributed by atoms with van der Waals surface area (Å²) in [4.78, 5) is 15.4. The van der Waals surface area contributed by atoms with Crippen molar-refractivity contribution in [2.45, 2.75) is 12.5 Å². The van der Waals surface area contributed by atoms with Crippen LogP contribution in [0, 0.1) is 11.7 Å². The van der Waals surface area contributed by atoms with E-state index in [2.05, 4.69) is 9.99 Å². The van der Waals surface area contributed by atoms with E-state index < -0.39 is 5.97 Å². The topological polar surface area (TPSA) is 73.9 Å². The van der Waals surface area contributed by atoms with E-state index in [4.69, 9.17) is 22.1 Å². The predicted molar refractivity (Wildman–Crippen MR) is 71.6 cm³/mol. The lowest BCUT2D eigenvalue weighted by molar-refractivity contribution is -0.140. The zero-order valence-electron chi connectivity index (χ0n) is 10.6. The van der Waals surface area contributed by atoms with E-state index in [1.165, 1.54) is 12.1 Å². The van der Waals surface area contributed by atoms with Crippen LogP contribution in [0.15, 0.2) is 29.4 Å². The highest BCUT2D eigenvalue weighted by atomic mass is 35.5. The molecule has 0 unspecified atom stereocenters. The van der Waals surface area contributed by atoms with Gasteiger partial charge < -0.3 is 15.3 Å². The third-order valence-electron chi connectivity index (χ3n) is 3.02. The van der Waals surface area contributed by atoms with Gasteiger partial charge in [-0.25, -0.2) is 9.18 Å². The summed E-state index contributed by atoms with van der Waals surface area (Å²) in [6.45, 7) is 0.371. The molecule has 0 amide bonds. The van der Waals surface area contributed by atoms with Crippen molar-refractivity contribution in [2.24, 2.45) is 16.8 Å². The van der Waals surface area contributed by atoms with Crippen LogP contribution in [-0.4, -0.2) is 24.3 Å². The number of oxime groups is 1. The van der Waals surface area contributed by atoms with E-state index >= 15 is 0 Å². The van der Waals surface area contributed by atoms with Gasteiger partial charge in [0.2, 0.25) is 0 Å². The summed E-state index contributed by atoms with van der Waals surface area (Å²) in [6.07, 6.45) is 0.428. The molecule has 5 nitrogen and oxygen atoms in total. The summed E-state index contributed by atoms with van der Waals surface area (Å²) in [6, 6.07) is 6.10. The number of carbonyl (C=O) groups is 1. The second kappa shape index (κ2) is 6.67. The summed E-state index contributed by atoms with van der Waals surface area (Å²) >= 11 is 5.27. The van der Waals surface area contributed by atoms with Crippen LogP contribution in [0.3, 0.4) is 0 Å². The minimum Gasteiger partial charge on any atom is -0.384 e. The molecule has 1 aliphatic heterocycles. The number of halogens is 2. The lowest BCUT2D eigenvalue weighted by atomic mass is 10.00. The van der Waals surface area contributed by atoms with E-state index in [1.807, 2.05) is 0 Å². The van der Waals surface area contributed by atoms with E-state index in [-0.39, 0.29) is 29.6 Å². The SMILES string of the molecule is N/C(=N/OC(=O)CCl)[C@@H]1CO[C@@H](c2ccc(F)cc2)C1. The first-order valence-corrected chi connectivity index (χ1v) is 6.60. The Balaban J connectivity index is 1.94. The number of benzene rings is 1. The molecule has 1 aromatic carbocycles. The summed E-state index contributed by atoms with van der Waals surface area (Å²) < 4.78 is 18.4. The molecule has 0 aromatic heterocycles. The summed E-state index contributed by atoms with van der Waals surface area (Å²) in [5, 5.41) is 3.54. The fraction of sp³-hybridized carbons (Fsp3) is 0.385. The minimum absolute atomic E-state index is 0.145. The first-order valence-electron chi connectivity index (χ1n) is 6.06. The molecule has 1 aliphatic rings. The number of hydrogen-bond donors (Lipinski definition) is 1. The second-order valence-electron chi connectivity index (χ2n) is 4.42. The van der Waals surface area contributed by atoms with Crippen LogP contribution in [-0.2, 0) is 14.4 Å². The standard InChI is InChI=1S/C13H14ClFN2O3/c14-6-12(18)20-17-13(16)9-5-11(19-7-9)8-1-3-10(15)4-2-8/h1-4,9,11H,5-7H2,(H2,16,17)/t9-,11+/m0/s1. The molecule has 1 aromatic rings. The van der Waals surface area contributed by atoms with Gasteiger partial charge >= 0.3 is 5.97 Å². The smallest absolute Gasteiger partial charge is 0.349 e. The maximum Gasteiger partial charge on any atom is 0.349 e. The third kappa shape index (κ3) is 3.68. The lowest BCUT2D eigenvalue weighted by Gasteiger charge is -2.09. The Bertz CT molecular complexity index is 507. The molecule has 0 saturated carbocycles. The molecule has 108 valence electrons. The fourth-order valence-electron chi connectivity index (χ4n) is 1.95. The highest BCUT2D eigenvalue weighted by molar-refractivity contribution is 6.26. The number of nitrogens with two attached hydrogens (primary N) is 1. The molecule has 7 heteroatoms. The molecule has 1 fully saturated rings. The Kier molecular flexibility index (Phi) is 4.92. The predicted octanol–water partition coefficient (Wildman–Crippen LogP) is 1.96. The Morgan fingerprint density at radius 2 is 2.20 bits per heavy atom. The average molecular weight is 301 g/mol. The van der Waals surface area contributed by atoms with E-state index in [9.17, 15) is 9.18 Å². The monoisotopic (exact) mass is 300 g/mol. The third-order valence-corrected chi connectivity index (χ3v) is 3.24. The van der Waals surface area contributed by atoms with Crippen molar-refractivity contribution in [1.29, 1.82) is 0 Å². The molecule has 0 spiro atoms. The number of rotatable bonds is 4. The van der Waals surface area contributed by atoms with Crippen LogP contribution >= 0.6 is 11.6 Å². The number of hydrogen-bond acceptors (Lipinski definition) is 4. The number of ether oxygens (including phenoxy) is 1. The van der Waals surface area contributed by atoms with Gasteiger partial charge in [-0.1, -0.05) is 17.3 Å². The molecule has 1 heterocycles. The van der Waals surface area contributed by atoms with E-state index in [0.29, 0.717) is 13.0 Å². The maximum absolute atomic E-state index is 12.8. The van der Waals surface area contributed by atoms with Gasteiger partial charge in [0.1, 0.15) is 17.5 Å². The molecular weight excluding hydrogens is 287 g/mol. The van der Waals surface area contributed by atoms with E-state index in [1.54, 1.807) is 12.1 Å². The number of carbonyl (C=O) groups excluding carboxylic acids is 1. The van der Waals surface area contributed by atoms with Gasteiger partial charge in [0.15, 0.2) is 0 Å². The highest BCUT2D eigenvalue weighted by Crippen LogP contribution is 2.32. The van der Waals surface area contributed by atoms with Gasteiger partial charge in [0, 0.05) is 5.92 Å². The highest BCUT2D eigenvalue weighted by Gasteiger charge is 2.29. The van der Waals surface area contributed by atoms with Gasteiger partial charge in [-0.15, -0.1) is 11.6 Å². The van der Waals surface area contributed by atoms with Crippen molar-refractivity contribution in [1.82, 2.24) is 0 Å². The quantitative estimate of drug-likeness (QED) is 0.303. The molecule has 20 heavy (non-hydrogen) atoms. The lowest BCUT2D eigenvalue weighted by Crippen LogP contribution is -2.24. The largest absolute Gasteiger partial charge is 0.384 e. The van der Waals surface area contributed by atoms with Crippen molar-refractivity contribution in [3.63, 3.8) is 0 Å². The molecule has 2 N–H and O–H groups in total. The first kappa shape index (κ1) is 14.7. The van der Waals surface area contributed by atoms with Gasteiger partial charge in [0.05, 0.1) is 12.7 Å². The molecule has 2 atom stereocenters. The van der Waals surface area contributed by atoms with Gasteiger partial charge in [-0.05, 0) is 24.1 Å². The zero-order chi connectivity index (χ0) is 14.5. The molecular formula is C13H14ClFN2O3. The molecule has 0 radical (unpaired) electrons. The van der Waals surface area contributed by atoms with Crippen LogP contribution in [0.4, 0.5) is 4.39 Å². The molecule has 1 saturated heterocycles. The van der Waals surface area contributed by atoms with Crippen molar-refractivity contribution >= 4 is 23.4 Å². The van der Waals surface area contributed by atoms with Crippen LogP contribution in [0.25, 0.3) is 0 Å². The van der Waals surface area contributed by atoms with Crippen LogP contribution in [0.2, 0.25) is 0 Å². The zero-order valence-corrected chi connectivity index (χ0v) is 11.3. The average Bonchev–Trinajstić information content (AvgIpc) is 2.95. The van der Waals surface area contributed by atoms with Crippen molar-refractivity contribution in [3.8, 4) is 0 Å². The minimum atomic E-state index is -0.663. The summed E-state index contributed by atoms with van der Waals surface area (Å²) in [5.41, 5.74) is 6.61. The summed E-state index contributed by atoms with van der Waals surface area (Å²) in [5.74, 6) is -1.20. The Hall–Kier alpha value is -1.66. The van der Waals surface area contributed by atoms with Crippen molar-refractivity contribution in [2.75, 3.05) is 12.5 Å². The molecule has 0 aliphatic carbocycles. The second-order valence-corrected chi connectivity index (χ2v) is 4.69. The van der Waals surface area contributed by atoms with Gasteiger partial charge in [-0.3, -0.25) is 0 Å². The Morgan fingerprint density at radius 1 is 1.50 bits per heavy atom. The van der Waals surface area contributed by atoms with Crippen LogP contribution in [0.5, 0.6) is 0 Å².